The number of carbonyl (C=O) groups excluding carboxylic acids is 1. The van der Waals surface area contributed by atoms with E-state index in [4.69, 9.17) is 9.84 Å². The highest BCUT2D eigenvalue weighted by molar-refractivity contribution is 5.67. The molecule has 0 saturated carbocycles. The summed E-state index contributed by atoms with van der Waals surface area (Å²) in [7, 11) is 0. The van der Waals surface area contributed by atoms with Crippen LogP contribution in [0.4, 0.5) is 4.79 Å². The molecule has 0 atom stereocenters. The SMILES string of the molecule is CC(C)(C)OC(=O)NCCC=CCO. The molecule has 0 aromatic rings. The van der Waals surface area contributed by atoms with Crippen molar-refractivity contribution in [3.63, 3.8) is 0 Å². The first-order valence-electron chi connectivity index (χ1n) is 4.68. The lowest BCUT2D eigenvalue weighted by molar-refractivity contribution is 0.0529. The number of nitrogens with one attached hydrogen (secondary N) is 1. The smallest absolute Gasteiger partial charge is 0.407 e. The van der Waals surface area contributed by atoms with Crippen molar-refractivity contribution >= 4 is 6.09 Å². The van der Waals surface area contributed by atoms with E-state index in [-0.39, 0.29) is 6.61 Å². The van der Waals surface area contributed by atoms with E-state index in [9.17, 15) is 4.79 Å². The lowest BCUT2D eigenvalue weighted by Gasteiger charge is -2.19. The molecule has 0 bridgehead atoms. The van der Waals surface area contributed by atoms with Gasteiger partial charge < -0.3 is 15.2 Å². The predicted octanol–water partition coefficient (Wildman–Crippen LogP) is 1.45. The number of rotatable bonds is 4. The van der Waals surface area contributed by atoms with Crippen molar-refractivity contribution in [2.45, 2.75) is 32.8 Å². The summed E-state index contributed by atoms with van der Waals surface area (Å²) >= 11 is 0. The predicted molar refractivity (Wildman–Crippen MR) is 55.1 cm³/mol. The van der Waals surface area contributed by atoms with Gasteiger partial charge in [0, 0.05) is 6.54 Å². The highest BCUT2D eigenvalue weighted by atomic mass is 16.6. The first kappa shape index (κ1) is 13.0. The first-order chi connectivity index (χ1) is 6.45. The molecule has 4 nitrogen and oxygen atoms in total. The summed E-state index contributed by atoms with van der Waals surface area (Å²) < 4.78 is 5.02. The first-order valence-corrected chi connectivity index (χ1v) is 4.68. The Morgan fingerprint density at radius 3 is 2.57 bits per heavy atom. The van der Waals surface area contributed by atoms with Gasteiger partial charge in [-0.1, -0.05) is 12.2 Å². The fraction of sp³-hybridized carbons (Fsp3) is 0.700. The zero-order valence-corrected chi connectivity index (χ0v) is 9.04. The average molecular weight is 201 g/mol. The van der Waals surface area contributed by atoms with Crippen molar-refractivity contribution in [2.24, 2.45) is 0 Å². The molecule has 2 N–H and O–H groups in total. The minimum Gasteiger partial charge on any atom is -0.444 e. The van der Waals surface area contributed by atoms with Crippen molar-refractivity contribution in [3.05, 3.63) is 12.2 Å². The minimum atomic E-state index is -0.453. The summed E-state index contributed by atoms with van der Waals surface area (Å²) in [5, 5.41) is 11.0. The molecule has 14 heavy (non-hydrogen) atoms. The van der Waals surface area contributed by atoms with Crippen LogP contribution in [0.3, 0.4) is 0 Å². The highest BCUT2D eigenvalue weighted by Crippen LogP contribution is 2.06. The van der Waals surface area contributed by atoms with Gasteiger partial charge in [-0.3, -0.25) is 0 Å². The molecule has 0 aliphatic rings. The summed E-state index contributed by atoms with van der Waals surface area (Å²) in [4.78, 5) is 11.1. The third-order valence-corrected chi connectivity index (χ3v) is 1.25. The number of amides is 1. The Morgan fingerprint density at radius 2 is 2.07 bits per heavy atom. The topological polar surface area (TPSA) is 58.6 Å². The van der Waals surface area contributed by atoms with Gasteiger partial charge in [-0.15, -0.1) is 0 Å². The lowest BCUT2D eigenvalue weighted by Crippen LogP contribution is -2.32. The largest absolute Gasteiger partial charge is 0.444 e. The van der Waals surface area contributed by atoms with Gasteiger partial charge in [-0.05, 0) is 27.2 Å². The minimum absolute atomic E-state index is 0.0342. The summed E-state index contributed by atoms with van der Waals surface area (Å²) in [5.41, 5.74) is -0.453. The zero-order chi connectivity index (χ0) is 11.0. The van der Waals surface area contributed by atoms with Gasteiger partial charge in [0.15, 0.2) is 0 Å². The van der Waals surface area contributed by atoms with Gasteiger partial charge >= 0.3 is 6.09 Å². The van der Waals surface area contributed by atoms with E-state index < -0.39 is 11.7 Å². The molecule has 0 aromatic heterocycles. The maximum atomic E-state index is 11.1. The Balaban J connectivity index is 3.50. The fourth-order valence-electron chi connectivity index (χ4n) is 0.764. The molecule has 0 aromatic carbocycles. The molecule has 0 spiro atoms. The summed E-state index contributed by atoms with van der Waals surface area (Å²) in [5.74, 6) is 0. The van der Waals surface area contributed by atoms with Crippen LogP contribution in [0.2, 0.25) is 0 Å². The van der Waals surface area contributed by atoms with E-state index in [1.807, 2.05) is 20.8 Å². The van der Waals surface area contributed by atoms with Crippen LogP contribution >= 0.6 is 0 Å². The molecule has 0 fully saturated rings. The maximum absolute atomic E-state index is 11.1. The number of hydrogen-bond donors (Lipinski definition) is 2. The van der Waals surface area contributed by atoms with Crippen molar-refractivity contribution < 1.29 is 14.6 Å². The maximum Gasteiger partial charge on any atom is 0.407 e. The van der Waals surface area contributed by atoms with E-state index in [0.29, 0.717) is 13.0 Å². The molecule has 0 unspecified atom stereocenters. The molecule has 0 rings (SSSR count). The average Bonchev–Trinajstić information content (AvgIpc) is 2.00. The van der Waals surface area contributed by atoms with Gasteiger partial charge in [-0.25, -0.2) is 4.79 Å². The van der Waals surface area contributed by atoms with Gasteiger partial charge in [0.05, 0.1) is 6.61 Å². The number of carbonyl (C=O) groups is 1. The molecular weight excluding hydrogens is 182 g/mol. The number of aliphatic hydroxyl groups is 1. The molecule has 0 heterocycles. The van der Waals surface area contributed by atoms with E-state index in [1.165, 1.54) is 0 Å². The Bertz CT molecular complexity index is 194. The van der Waals surface area contributed by atoms with E-state index >= 15 is 0 Å². The van der Waals surface area contributed by atoms with Crippen LogP contribution in [0.15, 0.2) is 12.2 Å². The highest BCUT2D eigenvalue weighted by Gasteiger charge is 2.14. The second kappa shape index (κ2) is 6.43. The van der Waals surface area contributed by atoms with Crippen LogP contribution in [-0.2, 0) is 4.74 Å². The fourth-order valence-corrected chi connectivity index (χ4v) is 0.764. The number of ether oxygens (including phenoxy) is 1. The van der Waals surface area contributed by atoms with Crippen LogP contribution in [0.1, 0.15) is 27.2 Å². The van der Waals surface area contributed by atoms with Crippen LogP contribution in [-0.4, -0.2) is 30.0 Å². The monoisotopic (exact) mass is 201 g/mol. The van der Waals surface area contributed by atoms with E-state index in [0.717, 1.165) is 0 Å². The Hall–Kier alpha value is -1.03. The summed E-state index contributed by atoms with van der Waals surface area (Å²) in [6.07, 6.45) is 3.73. The molecule has 0 aliphatic heterocycles. The second-order valence-electron chi connectivity index (χ2n) is 3.87. The lowest BCUT2D eigenvalue weighted by atomic mass is 10.2. The van der Waals surface area contributed by atoms with Gasteiger partial charge in [0.25, 0.3) is 0 Å². The third-order valence-electron chi connectivity index (χ3n) is 1.25. The van der Waals surface area contributed by atoms with Gasteiger partial charge in [0.1, 0.15) is 5.60 Å². The number of alkyl carbamates (subject to hydrolysis) is 1. The Kier molecular flexibility index (Phi) is 5.95. The van der Waals surface area contributed by atoms with Crippen LogP contribution in [0.5, 0.6) is 0 Å². The summed E-state index contributed by atoms with van der Waals surface area (Å²) in [6, 6.07) is 0. The number of aliphatic hydroxyl groups excluding tert-OH is 1. The number of hydrogen-bond acceptors (Lipinski definition) is 3. The Labute approximate surface area is 85.0 Å². The summed E-state index contributed by atoms with van der Waals surface area (Å²) in [6.45, 7) is 6.01. The van der Waals surface area contributed by atoms with Gasteiger partial charge in [0.2, 0.25) is 0 Å². The zero-order valence-electron chi connectivity index (χ0n) is 9.04. The van der Waals surface area contributed by atoms with E-state index in [2.05, 4.69) is 5.32 Å². The van der Waals surface area contributed by atoms with Crippen molar-refractivity contribution in [3.8, 4) is 0 Å². The quantitative estimate of drug-likeness (QED) is 0.534. The molecule has 4 heteroatoms. The molecule has 82 valence electrons. The van der Waals surface area contributed by atoms with E-state index in [1.54, 1.807) is 12.2 Å². The molecule has 0 radical (unpaired) electrons. The molecule has 0 aliphatic carbocycles. The van der Waals surface area contributed by atoms with Gasteiger partial charge in [-0.2, -0.15) is 0 Å². The van der Waals surface area contributed by atoms with Crippen molar-refractivity contribution in [1.29, 1.82) is 0 Å². The second-order valence-corrected chi connectivity index (χ2v) is 3.87. The Morgan fingerprint density at radius 1 is 1.43 bits per heavy atom. The van der Waals surface area contributed by atoms with Crippen molar-refractivity contribution in [2.75, 3.05) is 13.2 Å². The van der Waals surface area contributed by atoms with Crippen LogP contribution < -0.4 is 5.32 Å². The van der Waals surface area contributed by atoms with Crippen LogP contribution in [0, 0.1) is 0 Å². The normalized spacial score (nSPS) is 11.7. The molecule has 0 saturated heterocycles. The molecular formula is C10H19NO3. The third kappa shape index (κ3) is 9.06. The van der Waals surface area contributed by atoms with Crippen LogP contribution in [0.25, 0.3) is 0 Å². The van der Waals surface area contributed by atoms with Crippen molar-refractivity contribution in [1.82, 2.24) is 5.32 Å². The molecule has 1 amide bonds. The standard InChI is InChI=1S/C10H19NO3/c1-10(2,3)14-9(13)11-7-5-4-6-8-12/h4,6,12H,5,7-8H2,1-3H3,(H,11,13).